The number of ether oxygens (including phenoxy) is 2. The summed E-state index contributed by atoms with van der Waals surface area (Å²) in [5.74, 6) is 2.84. The van der Waals surface area contributed by atoms with Crippen molar-refractivity contribution in [3.8, 4) is 5.75 Å². The van der Waals surface area contributed by atoms with Gasteiger partial charge >= 0.3 is 0 Å². The van der Waals surface area contributed by atoms with Crippen molar-refractivity contribution in [3.05, 3.63) is 59.7 Å². The summed E-state index contributed by atoms with van der Waals surface area (Å²) in [5.41, 5.74) is 3.91. The summed E-state index contributed by atoms with van der Waals surface area (Å²) in [7, 11) is 0. The van der Waals surface area contributed by atoms with E-state index in [9.17, 15) is 4.79 Å². The zero-order valence-corrected chi connectivity index (χ0v) is 19.2. The van der Waals surface area contributed by atoms with Crippen molar-refractivity contribution in [2.75, 3.05) is 31.2 Å². The van der Waals surface area contributed by atoms with Crippen LogP contribution in [0.5, 0.6) is 5.75 Å². The Morgan fingerprint density at radius 2 is 1.78 bits per heavy atom. The second-order valence-corrected chi connectivity index (χ2v) is 9.94. The molecule has 1 unspecified atom stereocenters. The molecule has 0 aromatic heterocycles. The Hall–Kier alpha value is -2.33. The highest BCUT2D eigenvalue weighted by Gasteiger charge is 2.29. The molecular weight excluding hydrogens is 398 g/mol. The van der Waals surface area contributed by atoms with Gasteiger partial charge in [-0.1, -0.05) is 31.2 Å². The SMILES string of the molecule is C[C@H](CC(=O)C1CCCCO1)c1ccc(C2CN(c3ccc(OCC4CC4)cc3)C2)cc1. The van der Waals surface area contributed by atoms with Crippen molar-refractivity contribution in [3.63, 3.8) is 0 Å². The fourth-order valence-electron chi connectivity index (χ4n) is 4.79. The van der Waals surface area contributed by atoms with E-state index in [0.29, 0.717) is 12.3 Å². The molecule has 2 atom stereocenters. The van der Waals surface area contributed by atoms with E-state index in [0.717, 1.165) is 57.2 Å². The molecule has 4 heteroatoms. The van der Waals surface area contributed by atoms with Crippen LogP contribution in [0.25, 0.3) is 0 Å². The second-order valence-electron chi connectivity index (χ2n) is 9.94. The fraction of sp³-hybridized carbons (Fsp3) is 0.536. The molecule has 0 spiro atoms. The van der Waals surface area contributed by atoms with E-state index in [4.69, 9.17) is 9.47 Å². The quantitative estimate of drug-likeness (QED) is 0.508. The van der Waals surface area contributed by atoms with Gasteiger partial charge in [-0.3, -0.25) is 4.79 Å². The summed E-state index contributed by atoms with van der Waals surface area (Å²) in [6, 6.07) is 17.5. The Bertz CT molecular complexity index is 891. The van der Waals surface area contributed by atoms with Crippen LogP contribution in [0, 0.1) is 5.92 Å². The van der Waals surface area contributed by atoms with Crippen LogP contribution in [0.15, 0.2) is 48.5 Å². The monoisotopic (exact) mass is 433 g/mol. The van der Waals surface area contributed by atoms with Crippen LogP contribution < -0.4 is 9.64 Å². The number of nitrogens with zero attached hydrogens (tertiary/aromatic N) is 1. The van der Waals surface area contributed by atoms with Crippen molar-refractivity contribution in [1.29, 1.82) is 0 Å². The maximum Gasteiger partial charge on any atom is 0.162 e. The van der Waals surface area contributed by atoms with Crippen molar-refractivity contribution in [1.82, 2.24) is 0 Å². The van der Waals surface area contributed by atoms with Crippen LogP contribution in [0.3, 0.4) is 0 Å². The van der Waals surface area contributed by atoms with Gasteiger partial charge in [0.15, 0.2) is 5.78 Å². The van der Waals surface area contributed by atoms with E-state index in [1.807, 2.05) is 0 Å². The summed E-state index contributed by atoms with van der Waals surface area (Å²) in [5, 5.41) is 0. The van der Waals surface area contributed by atoms with E-state index in [1.165, 1.54) is 29.7 Å². The molecule has 2 aromatic rings. The largest absolute Gasteiger partial charge is 0.493 e. The number of rotatable bonds is 9. The predicted molar refractivity (Wildman–Crippen MR) is 128 cm³/mol. The fourth-order valence-corrected chi connectivity index (χ4v) is 4.79. The topological polar surface area (TPSA) is 38.8 Å². The van der Waals surface area contributed by atoms with Crippen LogP contribution in [0.4, 0.5) is 5.69 Å². The molecule has 32 heavy (non-hydrogen) atoms. The van der Waals surface area contributed by atoms with Gasteiger partial charge in [0.1, 0.15) is 11.9 Å². The molecular formula is C28H35NO3. The third-order valence-electron chi connectivity index (χ3n) is 7.29. The van der Waals surface area contributed by atoms with E-state index in [1.54, 1.807) is 0 Å². The summed E-state index contributed by atoms with van der Waals surface area (Å²) < 4.78 is 11.5. The van der Waals surface area contributed by atoms with Gasteiger partial charge < -0.3 is 14.4 Å². The first kappa shape index (κ1) is 21.5. The van der Waals surface area contributed by atoms with Crippen LogP contribution in [-0.2, 0) is 9.53 Å². The lowest BCUT2D eigenvalue weighted by molar-refractivity contribution is -0.133. The lowest BCUT2D eigenvalue weighted by Crippen LogP contribution is -2.45. The summed E-state index contributed by atoms with van der Waals surface area (Å²) >= 11 is 0. The first-order chi connectivity index (χ1) is 15.7. The smallest absolute Gasteiger partial charge is 0.162 e. The van der Waals surface area contributed by atoms with Crippen molar-refractivity contribution in [2.45, 2.75) is 63.4 Å². The van der Waals surface area contributed by atoms with E-state index >= 15 is 0 Å². The van der Waals surface area contributed by atoms with Gasteiger partial charge in [0.2, 0.25) is 0 Å². The molecule has 3 fully saturated rings. The molecule has 2 saturated heterocycles. The minimum atomic E-state index is -0.176. The summed E-state index contributed by atoms with van der Waals surface area (Å²) in [6.45, 7) is 5.85. The summed E-state index contributed by atoms with van der Waals surface area (Å²) in [4.78, 5) is 15.0. The number of Topliss-reactive ketones (excluding diaryl/α,β-unsaturated/α-hetero) is 1. The van der Waals surface area contributed by atoms with Crippen LogP contribution in [-0.4, -0.2) is 38.2 Å². The van der Waals surface area contributed by atoms with Crippen LogP contribution in [0.2, 0.25) is 0 Å². The van der Waals surface area contributed by atoms with Crippen LogP contribution in [0.1, 0.15) is 68.4 Å². The molecule has 2 aromatic carbocycles. The van der Waals surface area contributed by atoms with Crippen LogP contribution >= 0.6 is 0 Å². The predicted octanol–water partition coefficient (Wildman–Crippen LogP) is 5.71. The van der Waals surface area contributed by atoms with Gasteiger partial charge in [0, 0.05) is 37.7 Å². The lowest BCUT2D eigenvalue weighted by atomic mass is 9.87. The Morgan fingerprint density at radius 3 is 2.44 bits per heavy atom. The normalized spacial score (nSPS) is 22.3. The van der Waals surface area contributed by atoms with E-state index < -0.39 is 0 Å². The van der Waals surface area contributed by atoms with Gasteiger partial charge in [0.05, 0.1) is 6.61 Å². The van der Waals surface area contributed by atoms with Crippen molar-refractivity contribution in [2.24, 2.45) is 5.92 Å². The maximum absolute atomic E-state index is 12.5. The molecule has 4 nitrogen and oxygen atoms in total. The molecule has 0 N–H and O–H groups in total. The standard InChI is InChI=1S/C28H35NO3/c1-20(16-27(30)28-4-2-3-15-31-28)22-7-9-23(10-8-22)24-17-29(18-24)25-11-13-26(14-12-25)32-19-21-5-6-21/h7-14,20-21,24,28H,2-6,15-19H2,1H3/t20-,28?/m1/s1. The van der Waals surface area contributed by atoms with E-state index in [2.05, 4.69) is 60.4 Å². The number of hydrogen-bond acceptors (Lipinski definition) is 4. The Labute approximate surface area is 191 Å². The number of hydrogen-bond donors (Lipinski definition) is 0. The molecule has 0 radical (unpaired) electrons. The second kappa shape index (κ2) is 9.66. The highest BCUT2D eigenvalue weighted by molar-refractivity contribution is 5.83. The Balaban J connectivity index is 1.10. The number of ketones is 1. The summed E-state index contributed by atoms with van der Waals surface area (Å²) in [6.07, 6.45) is 6.11. The zero-order valence-electron chi connectivity index (χ0n) is 19.2. The molecule has 0 amide bonds. The Kier molecular flexibility index (Phi) is 6.49. The molecule has 3 aliphatic rings. The Morgan fingerprint density at radius 1 is 1.03 bits per heavy atom. The first-order valence-corrected chi connectivity index (χ1v) is 12.4. The molecule has 2 heterocycles. The van der Waals surface area contributed by atoms with Gasteiger partial charge in [-0.15, -0.1) is 0 Å². The van der Waals surface area contributed by atoms with Gasteiger partial charge in [0.25, 0.3) is 0 Å². The molecule has 2 aliphatic heterocycles. The van der Waals surface area contributed by atoms with Gasteiger partial charge in [-0.05, 0) is 79.3 Å². The highest BCUT2D eigenvalue weighted by Crippen LogP contribution is 2.34. The minimum Gasteiger partial charge on any atom is -0.493 e. The third kappa shape index (κ3) is 5.17. The van der Waals surface area contributed by atoms with Crippen molar-refractivity contribution >= 4 is 11.5 Å². The van der Waals surface area contributed by atoms with Gasteiger partial charge in [-0.25, -0.2) is 0 Å². The molecule has 170 valence electrons. The lowest BCUT2D eigenvalue weighted by Gasteiger charge is -2.41. The molecule has 1 aliphatic carbocycles. The maximum atomic E-state index is 12.5. The minimum absolute atomic E-state index is 0.176. The molecule has 0 bridgehead atoms. The highest BCUT2D eigenvalue weighted by atomic mass is 16.5. The number of anilines is 1. The number of carbonyl (C=O) groups excluding carboxylic acids is 1. The third-order valence-corrected chi connectivity index (χ3v) is 7.29. The zero-order chi connectivity index (χ0) is 21.9. The van der Waals surface area contributed by atoms with E-state index in [-0.39, 0.29) is 17.8 Å². The average molecular weight is 434 g/mol. The average Bonchev–Trinajstić information content (AvgIpc) is 3.63. The van der Waals surface area contributed by atoms with Gasteiger partial charge in [-0.2, -0.15) is 0 Å². The first-order valence-electron chi connectivity index (χ1n) is 12.4. The number of benzene rings is 2. The molecule has 5 rings (SSSR count). The van der Waals surface area contributed by atoms with Crippen molar-refractivity contribution < 1.29 is 14.3 Å². The number of carbonyl (C=O) groups is 1. The molecule has 1 saturated carbocycles.